The van der Waals surface area contributed by atoms with Gasteiger partial charge in [-0.25, -0.2) is 4.79 Å². The number of carbonyl (C=O) groups is 2. The molecule has 1 aliphatic heterocycles. The highest BCUT2D eigenvalue weighted by Gasteiger charge is 2.54. The summed E-state index contributed by atoms with van der Waals surface area (Å²) in [5.41, 5.74) is 5.77. The van der Waals surface area contributed by atoms with Gasteiger partial charge in [-0.3, -0.25) is 9.59 Å². The van der Waals surface area contributed by atoms with Crippen molar-refractivity contribution < 1.29 is 19.8 Å². The Balaban J connectivity index is 1.86. The van der Waals surface area contributed by atoms with Crippen molar-refractivity contribution in [3.63, 3.8) is 0 Å². The van der Waals surface area contributed by atoms with Crippen LogP contribution in [-0.4, -0.2) is 54.3 Å². The Morgan fingerprint density at radius 2 is 2.25 bits per heavy atom. The molecule has 2 heterocycles. The molecule has 0 amide bonds. The van der Waals surface area contributed by atoms with E-state index in [9.17, 15) is 24.6 Å². The standard InChI is InChI=1S/C14H15N3O5S2/c1-17-2-6(18)12(20)16-14(17)24-4-5-3-23-11-8(7(5)13(21)22)10(19)9(11)15/h2,8-9,11,18H,3-4,15H2,1H3,(H,21,22). The summed E-state index contributed by atoms with van der Waals surface area (Å²) < 4.78 is 1.49. The molecule has 4 N–H and O–H groups in total. The fourth-order valence-electron chi connectivity index (χ4n) is 2.83. The predicted octanol–water partition coefficient (Wildman–Crippen LogP) is -0.399. The second-order valence-electron chi connectivity index (χ2n) is 5.62. The molecule has 128 valence electrons. The van der Waals surface area contributed by atoms with E-state index in [2.05, 4.69) is 4.98 Å². The number of carboxylic acid groups (broad SMARTS) is 1. The topological polar surface area (TPSA) is 136 Å². The van der Waals surface area contributed by atoms with Gasteiger partial charge >= 0.3 is 11.5 Å². The van der Waals surface area contributed by atoms with Crippen molar-refractivity contribution in [2.45, 2.75) is 16.4 Å². The molecule has 1 aliphatic carbocycles. The zero-order valence-corrected chi connectivity index (χ0v) is 14.3. The van der Waals surface area contributed by atoms with Crippen LogP contribution in [0.15, 0.2) is 27.3 Å². The number of nitrogens with zero attached hydrogens (tertiary/aromatic N) is 2. The van der Waals surface area contributed by atoms with Gasteiger partial charge < -0.3 is 20.5 Å². The van der Waals surface area contributed by atoms with Crippen LogP contribution in [0.5, 0.6) is 5.75 Å². The largest absolute Gasteiger partial charge is 0.502 e. The number of carboxylic acids is 1. The van der Waals surface area contributed by atoms with Crippen molar-refractivity contribution in [3.8, 4) is 5.75 Å². The molecule has 1 fully saturated rings. The molecular weight excluding hydrogens is 354 g/mol. The number of nitrogens with two attached hydrogens (primary N) is 1. The number of thioether (sulfide) groups is 2. The van der Waals surface area contributed by atoms with Crippen LogP contribution in [0.1, 0.15) is 0 Å². The minimum absolute atomic E-state index is 0.127. The highest BCUT2D eigenvalue weighted by atomic mass is 32.2. The van der Waals surface area contributed by atoms with Crippen LogP contribution in [0.2, 0.25) is 0 Å². The lowest BCUT2D eigenvalue weighted by molar-refractivity contribution is -0.138. The molecular formula is C14H15N3O5S2. The summed E-state index contributed by atoms with van der Waals surface area (Å²) in [7, 11) is 1.63. The smallest absolute Gasteiger partial charge is 0.332 e. The molecule has 24 heavy (non-hydrogen) atoms. The Morgan fingerprint density at radius 1 is 1.54 bits per heavy atom. The van der Waals surface area contributed by atoms with Crippen molar-refractivity contribution in [2.75, 3.05) is 11.5 Å². The first-order valence-electron chi connectivity index (χ1n) is 7.06. The maximum absolute atomic E-state index is 11.9. The Bertz CT molecular complexity index is 819. The van der Waals surface area contributed by atoms with E-state index in [0.29, 0.717) is 22.2 Å². The van der Waals surface area contributed by atoms with Crippen LogP contribution in [0, 0.1) is 5.92 Å². The Morgan fingerprint density at radius 3 is 2.92 bits per heavy atom. The highest BCUT2D eigenvalue weighted by Crippen LogP contribution is 2.45. The van der Waals surface area contributed by atoms with Gasteiger partial charge in [-0.2, -0.15) is 16.7 Å². The lowest BCUT2D eigenvalue weighted by atomic mass is 9.72. The molecule has 8 nitrogen and oxygen atoms in total. The number of aromatic hydroxyl groups is 1. The summed E-state index contributed by atoms with van der Waals surface area (Å²) in [6.45, 7) is 0. The van der Waals surface area contributed by atoms with Gasteiger partial charge in [-0.1, -0.05) is 11.8 Å². The molecule has 0 aromatic carbocycles. The van der Waals surface area contributed by atoms with Crippen molar-refractivity contribution in [1.29, 1.82) is 0 Å². The highest BCUT2D eigenvalue weighted by molar-refractivity contribution is 8.01. The van der Waals surface area contributed by atoms with E-state index < -0.39 is 29.2 Å². The zero-order chi connectivity index (χ0) is 17.6. The number of Topliss-reactive ketones (excluding diaryl/α,β-unsaturated/α-hetero) is 1. The third kappa shape index (κ3) is 2.74. The Labute approximate surface area is 145 Å². The first-order chi connectivity index (χ1) is 11.3. The molecule has 10 heteroatoms. The van der Waals surface area contributed by atoms with Gasteiger partial charge in [0, 0.05) is 29.4 Å². The molecule has 3 rings (SSSR count). The van der Waals surface area contributed by atoms with Crippen molar-refractivity contribution in [1.82, 2.24) is 9.55 Å². The SMILES string of the molecule is Cn1cc(O)c(=O)nc1SCC1=C(C(=O)O)C2C(=O)C(N)C2SC1. The van der Waals surface area contributed by atoms with Crippen LogP contribution in [0.25, 0.3) is 0 Å². The minimum atomic E-state index is -1.10. The summed E-state index contributed by atoms with van der Waals surface area (Å²) in [6.07, 6.45) is 1.25. The third-order valence-electron chi connectivity index (χ3n) is 4.10. The van der Waals surface area contributed by atoms with E-state index in [1.807, 2.05) is 0 Å². The molecule has 1 aromatic rings. The fraction of sp³-hybridized carbons (Fsp3) is 0.429. The number of rotatable bonds is 4. The molecule has 1 aromatic heterocycles. The van der Waals surface area contributed by atoms with Crippen molar-refractivity contribution >= 4 is 35.3 Å². The summed E-state index contributed by atoms with van der Waals surface area (Å²) in [6, 6.07) is -0.594. The summed E-state index contributed by atoms with van der Waals surface area (Å²) in [5.74, 6) is -1.66. The Hall–Kier alpha value is -1.78. The molecule has 0 radical (unpaired) electrons. The Kier molecular flexibility index (Phi) is 4.45. The first kappa shape index (κ1) is 17.1. The molecule has 3 unspecified atom stereocenters. The summed E-state index contributed by atoms with van der Waals surface area (Å²) >= 11 is 2.68. The molecule has 0 saturated heterocycles. The number of carbonyl (C=O) groups excluding carboxylic acids is 1. The number of aryl methyl sites for hydroxylation is 1. The average Bonchev–Trinajstić information content (AvgIpc) is 2.55. The van der Waals surface area contributed by atoms with E-state index in [1.54, 1.807) is 7.05 Å². The van der Waals surface area contributed by atoms with Gasteiger partial charge in [0.25, 0.3) is 0 Å². The molecule has 3 atom stereocenters. The molecule has 0 spiro atoms. The monoisotopic (exact) mass is 369 g/mol. The van der Waals surface area contributed by atoms with E-state index in [-0.39, 0.29) is 16.6 Å². The van der Waals surface area contributed by atoms with Gasteiger partial charge in [0.15, 0.2) is 16.7 Å². The van der Waals surface area contributed by atoms with E-state index in [1.165, 1.54) is 34.3 Å². The predicted molar refractivity (Wildman–Crippen MR) is 89.2 cm³/mol. The lowest BCUT2D eigenvalue weighted by Crippen LogP contribution is -2.62. The molecule has 1 saturated carbocycles. The lowest BCUT2D eigenvalue weighted by Gasteiger charge is -2.44. The van der Waals surface area contributed by atoms with Crippen LogP contribution < -0.4 is 11.3 Å². The number of aromatic nitrogens is 2. The van der Waals surface area contributed by atoms with Crippen molar-refractivity contribution in [3.05, 3.63) is 27.7 Å². The molecule has 0 bridgehead atoms. The van der Waals surface area contributed by atoms with E-state index in [4.69, 9.17) is 5.73 Å². The second-order valence-corrected chi connectivity index (χ2v) is 7.73. The van der Waals surface area contributed by atoms with Gasteiger partial charge in [-0.05, 0) is 5.57 Å². The first-order valence-corrected chi connectivity index (χ1v) is 9.10. The van der Waals surface area contributed by atoms with Crippen LogP contribution in [0.4, 0.5) is 0 Å². The number of ketones is 1. The zero-order valence-electron chi connectivity index (χ0n) is 12.6. The van der Waals surface area contributed by atoms with Gasteiger partial charge in [0.1, 0.15) is 0 Å². The van der Waals surface area contributed by atoms with Crippen molar-refractivity contribution in [2.24, 2.45) is 18.7 Å². The average molecular weight is 369 g/mol. The van der Waals surface area contributed by atoms with Gasteiger partial charge in [-0.15, -0.1) is 0 Å². The van der Waals surface area contributed by atoms with Crippen LogP contribution in [-0.2, 0) is 16.6 Å². The quantitative estimate of drug-likeness (QED) is 0.478. The normalized spacial score (nSPS) is 26.1. The maximum atomic E-state index is 11.9. The molecule has 2 aliphatic rings. The number of aliphatic carboxylic acids is 1. The second kappa shape index (κ2) is 6.26. The summed E-state index contributed by atoms with van der Waals surface area (Å²) in [5, 5.41) is 19.0. The maximum Gasteiger partial charge on any atom is 0.332 e. The number of hydrogen-bond acceptors (Lipinski definition) is 8. The van der Waals surface area contributed by atoms with E-state index in [0.717, 1.165) is 0 Å². The summed E-state index contributed by atoms with van der Waals surface area (Å²) in [4.78, 5) is 38.7. The number of fused-ring (bicyclic) bond motifs is 1. The van der Waals surface area contributed by atoms with E-state index >= 15 is 0 Å². The van der Waals surface area contributed by atoms with Crippen LogP contribution >= 0.6 is 23.5 Å². The van der Waals surface area contributed by atoms with Gasteiger partial charge in [0.2, 0.25) is 0 Å². The number of hydrogen-bond donors (Lipinski definition) is 3. The fourth-order valence-corrected chi connectivity index (χ4v) is 5.38. The van der Waals surface area contributed by atoms with Crippen LogP contribution in [0.3, 0.4) is 0 Å². The minimum Gasteiger partial charge on any atom is -0.502 e. The third-order valence-corrected chi connectivity index (χ3v) is 6.70. The van der Waals surface area contributed by atoms with Gasteiger partial charge in [0.05, 0.1) is 18.2 Å².